The van der Waals surface area contributed by atoms with Crippen LogP contribution in [0.3, 0.4) is 0 Å². The van der Waals surface area contributed by atoms with Crippen molar-refractivity contribution in [3.63, 3.8) is 0 Å². The molecular weight excluding hydrogens is 229 g/mol. The second kappa shape index (κ2) is 4.76. The van der Waals surface area contributed by atoms with Crippen molar-refractivity contribution in [3.05, 3.63) is 24.0 Å². The Labute approximate surface area is 107 Å². The first-order valence-corrected chi connectivity index (χ1v) is 6.79. The molecule has 3 N–H and O–H groups in total. The summed E-state index contributed by atoms with van der Waals surface area (Å²) >= 11 is 0. The summed E-state index contributed by atoms with van der Waals surface area (Å²) in [6.45, 7) is 2.39. The van der Waals surface area contributed by atoms with Crippen LogP contribution in [0.25, 0.3) is 0 Å². The van der Waals surface area contributed by atoms with Gasteiger partial charge in [0.15, 0.2) is 0 Å². The number of hydrogen-bond acceptors (Lipinski definition) is 3. The van der Waals surface area contributed by atoms with Crippen LogP contribution in [0.5, 0.6) is 0 Å². The van der Waals surface area contributed by atoms with Gasteiger partial charge in [0.05, 0.1) is 11.4 Å². The van der Waals surface area contributed by atoms with E-state index in [1.54, 1.807) is 6.07 Å². The lowest BCUT2D eigenvalue weighted by atomic mass is 9.99. The molecule has 2 saturated heterocycles. The molecule has 2 aliphatic rings. The number of nitrogens with two attached hydrogens (primary N) is 1. The van der Waals surface area contributed by atoms with E-state index in [0.717, 1.165) is 12.1 Å². The average Bonchev–Trinajstić information content (AvgIpc) is 2.76. The minimum absolute atomic E-state index is 0.274. The van der Waals surface area contributed by atoms with Gasteiger partial charge in [-0.25, -0.2) is 4.39 Å². The largest absolute Gasteiger partial charge is 0.397 e. The number of benzene rings is 1. The van der Waals surface area contributed by atoms with Crippen LogP contribution in [0, 0.1) is 5.82 Å². The fraction of sp³-hybridized carbons (Fsp3) is 0.571. The van der Waals surface area contributed by atoms with Gasteiger partial charge in [-0.2, -0.15) is 0 Å². The molecule has 0 radical (unpaired) electrons. The summed E-state index contributed by atoms with van der Waals surface area (Å²) in [6, 6.07) is 5.68. The zero-order valence-corrected chi connectivity index (χ0v) is 10.5. The Morgan fingerprint density at radius 2 is 2.11 bits per heavy atom. The highest BCUT2D eigenvalue weighted by atomic mass is 19.1. The monoisotopic (exact) mass is 249 g/mol. The highest BCUT2D eigenvalue weighted by Crippen LogP contribution is 2.30. The van der Waals surface area contributed by atoms with Crippen LogP contribution in [0.2, 0.25) is 0 Å². The van der Waals surface area contributed by atoms with Gasteiger partial charge >= 0.3 is 0 Å². The summed E-state index contributed by atoms with van der Waals surface area (Å²) in [5, 5.41) is 3.50. The van der Waals surface area contributed by atoms with Crippen LogP contribution in [-0.4, -0.2) is 30.1 Å². The third-order valence-corrected chi connectivity index (χ3v) is 4.21. The van der Waals surface area contributed by atoms with E-state index in [2.05, 4.69) is 10.2 Å². The summed E-state index contributed by atoms with van der Waals surface area (Å²) in [4.78, 5) is 2.57. The lowest BCUT2D eigenvalue weighted by Crippen LogP contribution is -2.41. The molecule has 4 heteroatoms. The molecule has 2 unspecified atom stereocenters. The van der Waals surface area contributed by atoms with E-state index < -0.39 is 0 Å². The molecule has 98 valence electrons. The maximum Gasteiger partial charge on any atom is 0.125 e. The predicted octanol–water partition coefficient (Wildman–Crippen LogP) is 2.45. The quantitative estimate of drug-likeness (QED) is 0.791. The lowest BCUT2D eigenvalue weighted by Gasteiger charge is -2.33. The van der Waals surface area contributed by atoms with Crippen LogP contribution in [0.1, 0.15) is 25.7 Å². The Morgan fingerprint density at radius 3 is 2.94 bits per heavy atom. The first kappa shape index (κ1) is 11.8. The lowest BCUT2D eigenvalue weighted by molar-refractivity contribution is 0.193. The molecule has 2 heterocycles. The topological polar surface area (TPSA) is 41.3 Å². The number of rotatable bonds is 2. The van der Waals surface area contributed by atoms with Gasteiger partial charge in [0.25, 0.3) is 0 Å². The first-order valence-electron chi connectivity index (χ1n) is 6.79. The van der Waals surface area contributed by atoms with E-state index in [0.29, 0.717) is 17.8 Å². The van der Waals surface area contributed by atoms with Gasteiger partial charge in [0.1, 0.15) is 5.82 Å². The number of nitrogens with zero attached hydrogens (tertiary/aromatic N) is 1. The van der Waals surface area contributed by atoms with Gasteiger partial charge < -0.3 is 11.1 Å². The van der Waals surface area contributed by atoms with Gasteiger partial charge in [-0.15, -0.1) is 0 Å². The number of nitrogens with one attached hydrogen (secondary N) is 1. The van der Waals surface area contributed by atoms with Gasteiger partial charge in [-0.1, -0.05) is 6.42 Å². The summed E-state index contributed by atoms with van der Waals surface area (Å²) in [7, 11) is 0. The fourth-order valence-corrected chi connectivity index (χ4v) is 3.28. The second-order valence-corrected chi connectivity index (χ2v) is 5.37. The molecule has 2 atom stereocenters. The van der Waals surface area contributed by atoms with E-state index >= 15 is 0 Å². The molecule has 1 aromatic rings. The molecule has 2 aliphatic heterocycles. The first-order chi connectivity index (χ1) is 8.74. The zero-order chi connectivity index (χ0) is 12.5. The molecule has 3 rings (SSSR count). The summed E-state index contributed by atoms with van der Waals surface area (Å²) in [5.41, 5.74) is 7.22. The van der Waals surface area contributed by atoms with E-state index in [1.807, 2.05) is 0 Å². The number of fused-ring (bicyclic) bond motifs is 1. The normalized spacial score (nSPS) is 28.1. The highest BCUT2D eigenvalue weighted by Gasteiger charge is 2.35. The van der Waals surface area contributed by atoms with Gasteiger partial charge in [0.2, 0.25) is 0 Å². The Kier molecular flexibility index (Phi) is 3.12. The minimum Gasteiger partial charge on any atom is -0.397 e. The third kappa shape index (κ3) is 2.17. The number of nitrogen functional groups attached to an aromatic ring is 1. The van der Waals surface area contributed by atoms with Crippen molar-refractivity contribution in [2.24, 2.45) is 0 Å². The number of piperidine rings is 1. The van der Waals surface area contributed by atoms with Crippen LogP contribution >= 0.6 is 0 Å². The Bertz CT molecular complexity index is 435. The maximum absolute atomic E-state index is 13.0. The molecule has 0 bridgehead atoms. The molecule has 0 aliphatic carbocycles. The summed E-state index contributed by atoms with van der Waals surface area (Å²) < 4.78 is 13.0. The van der Waals surface area contributed by atoms with Crippen molar-refractivity contribution in [2.75, 3.05) is 24.1 Å². The van der Waals surface area contributed by atoms with Crippen molar-refractivity contribution >= 4 is 11.4 Å². The smallest absolute Gasteiger partial charge is 0.125 e. The molecule has 0 spiro atoms. The maximum atomic E-state index is 13.0. The standard InChI is InChI=1S/C14H20FN3/c15-10-4-5-12(11(16)9-10)17-13-6-8-18-7-2-1-3-14(13)18/h4-5,9,13-14,17H,1-3,6-8,16H2. The molecule has 1 aromatic carbocycles. The van der Waals surface area contributed by atoms with E-state index in [-0.39, 0.29) is 5.82 Å². The molecule has 2 fully saturated rings. The number of hydrogen-bond donors (Lipinski definition) is 2. The zero-order valence-electron chi connectivity index (χ0n) is 10.5. The van der Waals surface area contributed by atoms with Crippen molar-refractivity contribution in [1.82, 2.24) is 4.90 Å². The summed E-state index contributed by atoms with van der Waals surface area (Å²) in [5.74, 6) is -0.274. The molecule has 0 amide bonds. The van der Waals surface area contributed by atoms with Gasteiger partial charge in [0, 0.05) is 18.6 Å². The summed E-state index contributed by atoms with van der Waals surface area (Å²) in [6.07, 6.45) is 5.06. The van der Waals surface area contributed by atoms with Crippen LogP contribution in [0.4, 0.5) is 15.8 Å². The predicted molar refractivity (Wildman–Crippen MR) is 72.1 cm³/mol. The van der Waals surface area contributed by atoms with Crippen molar-refractivity contribution in [2.45, 2.75) is 37.8 Å². The Hall–Kier alpha value is -1.29. The van der Waals surface area contributed by atoms with Crippen LogP contribution < -0.4 is 11.1 Å². The number of halogens is 1. The van der Waals surface area contributed by atoms with Gasteiger partial charge in [-0.3, -0.25) is 4.90 Å². The minimum atomic E-state index is -0.274. The Balaban J connectivity index is 1.72. The van der Waals surface area contributed by atoms with Crippen LogP contribution in [-0.2, 0) is 0 Å². The van der Waals surface area contributed by atoms with Gasteiger partial charge in [-0.05, 0) is 44.0 Å². The molecule has 0 saturated carbocycles. The SMILES string of the molecule is Nc1cc(F)ccc1NC1CCN2CCCCC12. The molecule has 3 nitrogen and oxygen atoms in total. The molecule has 18 heavy (non-hydrogen) atoms. The number of anilines is 2. The fourth-order valence-electron chi connectivity index (χ4n) is 3.28. The van der Waals surface area contributed by atoms with Crippen LogP contribution in [0.15, 0.2) is 18.2 Å². The Morgan fingerprint density at radius 1 is 1.22 bits per heavy atom. The van der Waals surface area contributed by atoms with E-state index in [9.17, 15) is 4.39 Å². The van der Waals surface area contributed by atoms with Crippen molar-refractivity contribution in [1.29, 1.82) is 0 Å². The van der Waals surface area contributed by atoms with E-state index in [1.165, 1.54) is 44.5 Å². The molecule has 0 aromatic heterocycles. The average molecular weight is 249 g/mol. The third-order valence-electron chi connectivity index (χ3n) is 4.21. The second-order valence-electron chi connectivity index (χ2n) is 5.37. The van der Waals surface area contributed by atoms with E-state index in [4.69, 9.17) is 5.73 Å². The van der Waals surface area contributed by atoms with Crippen molar-refractivity contribution < 1.29 is 4.39 Å². The van der Waals surface area contributed by atoms with Crippen molar-refractivity contribution in [3.8, 4) is 0 Å². The molecular formula is C14H20FN3. The highest BCUT2D eigenvalue weighted by molar-refractivity contribution is 5.66.